The molecule has 2 aromatic carbocycles. The molecule has 0 aliphatic heterocycles. The third-order valence-electron chi connectivity index (χ3n) is 4.78. The van der Waals surface area contributed by atoms with Gasteiger partial charge in [-0.05, 0) is 62.4 Å². The SMILES string of the molecule is Cc1cc(C)c(Cn2c(C3CC3)nc3ccccc32)c(C)c1. The molecule has 0 N–H and O–H groups in total. The van der Waals surface area contributed by atoms with Gasteiger partial charge < -0.3 is 4.57 Å². The number of hydrogen-bond donors (Lipinski definition) is 0. The Labute approximate surface area is 131 Å². The van der Waals surface area contributed by atoms with Crippen molar-refractivity contribution in [2.75, 3.05) is 0 Å². The Kier molecular flexibility index (Phi) is 3.07. The van der Waals surface area contributed by atoms with Crippen LogP contribution in [0.2, 0.25) is 0 Å². The van der Waals surface area contributed by atoms with E-state index in [1.807, 2.05) is 0 Å². The monoisotopic (exact) mass is 290 g/mol. The molecule has 0 radical (unpaired) electrons. The smallest absolute Gasteiger partial charge is 0.113 e. The van der Waals surface area contributed by atoms with E-state index in [-0.39, 0.29) is 0 Å². The van der Waals surface area contributed by atoms with Gasteiger partial charge >= 0.3 is 0 Å². The third kappa shape index (κ3) is 2.23. The second-order valence-electron chi connectivity index (χ2n) is 6.70. The van der Waals surface area contributed by atoms with E-state index in [0.29, 0.717) is 5.92 Å². The summed E-state index contributed by atoms with van der Waals surface area (Å²) in [7, 11) is 0. The Morgan fingerprint density at radius 2 is 1.73 bits per heavy atom. The first-order chi connectivity index (χ1) is 10.6. The molecular formula is C20H22N2. The average molecular weight is 290 g/mol. The molecule has 1 fully saturated rings. The minimum atomic E-state index is 0.665. The zero-order valence-corrected chi connectivity index (χ0v) is 13.6. The predicted molar refractivity (Wildman–Crippen MR) is 91.5 cm³/mol. The molecule has 0 saturated heterocycles. The first-order valence-electron chi connectivity index (χ1n) is 8.15. The van der Waals surface area contributed by atoms with Gasteiger partial charge in [-0.25, -0.2) is 4.98 Å². The number of imidazole rings is 1. The molecule has 0 bridgehead atoms. The number of aryl methyl sites for hydroxylation is 3. The fraction of sp³-hybridized carbons (Fsp3) is 0.350. The lowest BCUT2D eigenvalue weighted by molar-refractivity contribution is 0.740. The van der Waals surface area contributed by atoms with Gasteiger partial charge in [-0.1, -0.05) is 29.8 Å². The second-order valence-corrected chi connectivity index (χ2v) is 6.70. The number of para-hydroxylation sites is 2. The van der Waals surface area contributed by atoms with Crippen LogP contribution in [0.5, 0.6) is 0 Å². The summed E-state index contributed by atoms with van der Waals surface area (Å²) in [6, 6.07) is 13.1. The first kappa shape index (κ1) is 13.6. The van der Waals surface area contributed by atoms with Crippen LogP contribution in [-0.2, 0) is 6.54 Å². The van der Waals surface area contributed by atoms with Crippen LogP contribution in [0.15, 0.2) is 36.4 Å². The van der Waals surface area contributed by atoms with E-state index in [2.05, 4.69) is 61.7 Å². The van der Waals surface area contributed by atoms with Gasteiger partial charge in [0, 0.05) is 12.5 Å². The van der Waals surface area contributed by atoms with Gasteiger partial charge in [0.15, 0.2) is 0 Å². The first-order valence-corrected chi connectivity index (χ1v) is 8.15. The molecule has 1 heterocycles. The number of aromatic nitrogens is 2. The van der Waals surface area contributed by atoms with Gasteiger partial charge in [0.1, 0.15) is 5.82 Å². The van der Waals surface area contributed by atoms with Crippen molar-refractivity contribution in [3.63, 3.8) is 0 Å². The standard InChI is InChI=1S/C20H22N2/c1-13-10-14(2)17(15(3)11-13)12-22-19-7-5-4-6-18(19)21-20(22)16-8-9-16/h4-7,10-11,16H,8-9,12H2,1-3H3. The van der Waals surface area contributed by atoms with E-state index in [1.165, 1.54) is 46.4 Å². The molecule has 0 spiro atoms. The summed E-state index contributed by atoms with van der Waals surface area (Å²) in [4.78, 5) is 4.91. The lowest BCUT2D eigenvalue weighted by Gasteiger charge is -2.15. The summed E-state index contributed by atoms with van der Waals surface area (Å²) in [5.74, 6) is 1.94. The Hall–Kier alpha value is -2.09. The molecule has 0 amide bonds. The van der Waals surface area contributed by atoms with Crippen molar-refractivity contribution in [1.29, 1.82) is 0 Å². The number of benzene rings is 2. The van der Waals surface area contributed by atoms with Gasteiger partial charge in [-0.2, -0.15) is 0 Å². The summed E-state index contributed by atoms with van der Waals surface area (Å²) >= 11 is 0. The van der Waals surface area contributed by atoms with E-state index in [9.17, 15) is 0 Å². The van der Waals surface area contributed by atoms with Crippen molar-refractivity contribution in [3.05, 3.63) is 64.5 Å². The highest BCUT2D eigenvalue weighted by molar-refractivity contribution is 5.76. The predicted octanol–water partition coefficient (Wildman–Crippen LogP) is 4.89. The molecule has 1 aliphatic carbocycles. The lowest BCUT2D eigenvalue weighted by Crippen LogP contribution is -2.07. The summed E-state index contributed by atoms with van der Waals surface area (Å²) in [5, 5.41) is 0. The zero-order valence-electron chi connectivity index (χ0n) is 13.6. The Morgan fingerprint density at radius 3 is 2.41 bits per heavy atom. The molecule has 0 atom stereocenters. The van der Waals surface area contributed by atoms with Gasteiger partial charge in [-0.15, -0.1) is 0 Å². The van der Waals surface area contributed by atoms with Crippen molar-refractivity contribution >= 4 is 11.0 Å². The lowest BCUT2D eigenvalue weighted by atomic mass is 9.99. The van der Waals surface area contributed by atoms with Crippen LogP contribution >= 0.6 is 0 Å². The number of fused-ring (bicyclic) bond motifs is 1. The zero-order chi connectivity index (χ0) is 15.3. The largest absolute Gasteiger partial charge is 0.323 e. The highest BCUT2D eigenvalue weighted by Gasteiger charge is 2.29. The van der Waals surface area contributed by atoms with Gasteiger partial charge in [0.2, 0.25) is 0 Å². The van der Waals surface area contributed by atoms with E-state index >= 15 is 0 Å². The van der Waals surface area contributed by atoms with E-state index in [0.717, 1.165) is 12.1 Å². The third-order valence-corrected chi connectivity index (χ3v) is 4.78. The number of rotatable bonds is 3. The maximum absolute atomic E-state index is 4.91. The van der Waals surface area contributed by atoms with Crippen LogP contribution in [0, 0.1) is 20.8 Å². The van der Waals surface area contributed by atoms with Crippen molar-refractivity contribution in [1.82, 2.24) is 9.55 Å². The fourth-order valence-electron chi connectivity index (χ4n) is 3.53. The molecule has 0 unspecified atom stereocenters. The molecule has 2 heteroatoms. The molecule has 22 heavy (non-hydrogen) atoms. The summed E-state index contributed by atoms with van der Waals surface area (Å²) in [6.45, 7) is 7.56. The van der Waals surface area contributed by atoms with E-state index in [4.69, 9.17) is 4.98 Å². The van der Waals surface area contributed by atoms with Crippen molar-refractivity contribution < 1.29 is 0 Å². The molecule has 112 valence electrons. The summed E-state index contributed by atoms with van der Waals surface area (Å²) in [5.41, 5.74) is 7.96. The fourth-order valence-corrected chi connectivity index (χ4v) is 3.53. The Balaban J connectivity index is 1.86. The minimum absolute atomic E-state index is 0.665. The normalized spacial score (nSPS) is 14.7. The molecule has 1 aliphatic rings. The molecular weight excluding hydrogens is 268 g/mol. The quantitative estimate of drug-likeness (QED) is 0.671. The van der Waals surface area contributed by atoms with Gasteiger partial charge in [-0.3, -0.25) is 0 Å². The average Bonchev–Trinajstić information content (AvgIpc) is 3.25. The topological polar surface area (TPSA) is 17.8 Å². The van der Waals surface area contributed by atoms with Gasteiger partial charge in [0.25, 0.3) is 0 Å². The molecule has 4 rings (SSSR count). The molecule has 1 saturated carbocycles. The molecule has 2 nitrogen and oxygen atoms in total. The van der Waals surface area contributed by atoms with Crippen LogP contribution in [0.4, 0.5) is 0 Å². The minimum Gasteiger partial charge on any atom is -0.323 e. The highest BCUT2D eigenvalue weighted by Crippen LogP contribution is 2.41. The maximum Gasteiger partial charge on any atom is 0.113 e. The second kappa shape index (κ2) is 4.98. The highest BCUT2D eigenvalue weighted by atomic mass is 15.1. The van der Waals surface area contributed by atoms with Crippen molar-refractivity contribution in [2.45, 2.75) is 46.1 Å². The van der Waals surface area contributed by atoms with E-state index < -0.39 is 0 Å². The van der Waals surface area contributed by atoms with Crippen molar-refractivity contribution in [3.8, 4) is 0 Å². The van der Waals surface area contributed by atoms with Crippen LogP contribution < -0.4 is 0 Å². The van der Waals surface area contributed by atoms with Crippen LogP contribution in [0.25, 0.3) is 11.0 Å². The maximum atomic E-state index is 4.91. The summed E-state index contributed by atoms with van der Waals surface area (Å²) < 4.78 is 2.44. The summed E-state index contributed by atoms with van der Waals surface area (Å²) in [6.07, 6.45) is 2.57. The number of nitrogens with zero attached hydrogens (tertiary/aromatic N) is 2. The van der Waals surface area contributed by atoms with E-state index in [1.54, 1.807) is 0 Å². The van der Waals surface area contributed by atoms with Crippen molar-refractivity contribution in [2.24, 2.45) is 0 Å². The molecule has 1 aromatic heterocycles. The van der Waals surface area contributed by atoms with Gasteiger partial charge in [0.05, 0.1) is 11.0 Å². The Morgan fingerprint density at radius 1 is 1.05 bits per heavy atom. The number of hydrogen-bond acceptors (Lipinski definition) is 1. The Bertz CT molecular complexity index is 830. The van der Waals surface area contributed by atoms with Crippen LogP contribution in [-0.4, -0.2) is 9.55 Å². The van der Waals surface area contributed by atoms with Crippen LogP contribution in [0.3, 0.4) is 0 Å². The van der Waals surface area contributed by atoms with Crippen LogP contribution in [0.1, 0.15) is 46.8 Å². The molecule has 3 aromatic rings.